The van der Waals surface area contributed by atoms with Gasteiger partial charge in [-0.2, -0.15) is 0 Å². The number of aryl methyl sites for hydroxylation is 1. The summed E-state index contributed by atoms with van der Waals surface area (Å²) >= 11 is 8.14. The van der Waals surface area contributed by atoms with Crippen LogP contribution in [0.15, 0.2) is 66.9 Å². The van der Waals surface area contributed by atoms with Gasteiger partial charge in [0.1, 0.15) is 10.8 Å². The minimum Gasteiger partial charge on any atom is -0.495 e. The molecule has 2 aromatic heterocycles. The highest BCUT2D eigenvalue weighted by molar-refractivity contribution is 7.15. The molecule has 7 heteroatoms. The summed E-state index contributed by atoms with van der Waals surface area (Å²) in [5.74, 6) is 0.575. The van der Waals surface area contributed by atoms with Crippen LogP contribution in [0.25, 0.3) is 5.00 Å². The van der Waals surface area contributed by atoms with Crippen LogP contribution < -0.4 is 10.1 Å². The Bertz CT molecular complexity index is 1390. The van der Waals surface area contributed by atoms with Crippen LogP contribution in [0.5, 0.6) is 5.75 Å². The first-order chi connectivity index (χ1) is 17.1. The third kappa shape index (κ3) is 3.91. The first kappa shape index (κ1) is 22.3. The Morgan fingerprint density at radius 2 is 1.89 bits per heavy atom. The zero-order valence-electron chi connectivity index (χ0n) is 19.5. The number of amides is 2. The normalized spacial score (nSPS) is 16.6. The molecule has 0 saturated heterocycles. The standard InChI is InChI=1S/C28H26ClN3O2S/c1-34-24-14-13-19(29)16-22(24)30-28(33)32-17-21-20-10-5-6-12-25(20)35-27(21)31-15-7-11-23(31)26(32)18-8-3-2-4-9-18/h2-4,7-9,11,13-16,26H,5-6,10,12,17H2,1H3,(H,30,33)/t26-/m1/s1. The number of benzene rings is 2. The minimum absolute atomic E-state index is 0.184. The lowest BCUT2D eigenvalue weighted by molar-refractivity contribution is 0.194. The van der Waals surface area contributed by atoms with E-state index in [-0.39, 0.29) is 12.1 Å². The molecule has 0 bridgehead atoms. The average molecular weight is 504 g/mol. The van der Waals surface area contributed by atoms with E-state index in [2.05, 4.69) is 40.3 Å². The quantitative estimate of drug-likeness (QED) is 0.321. The van der Waals surface area contributed by atoms with Crippen molar-refractivity contribution in [3.8, 4) is 10.8 Å². The molecule has 2 aromatic carbocycles. The zero-order valence-corrected chi connectivity index (χ0v) is 21.0. The summed E-state index contributed by atoms with van der Waals surface area (Å²) in [6, 6.07) is 19.3. The SMILES string of the molecule is COc1ccc(Cl)cc1NC(=O)N1Cc2c(sc3c2CCCC3)-n2cccc2[C@H]1c1ccccc1. The molecule has 0 spiro atoms. The monoisotopic (exact) mass is 503 g/mol. The molecule has 1 aliphatic heterocycles. The number of aromatic nitrogens is 1. The predicted molar refractivity (Wildman–Crippen MR) is 141 cm³/mol. The van der Waals surface area contributed by atoms with Gasteiger partial charge in [-0.1, -0.05) is 41.9 Å². The van der Waals surface area contributed by atoms with Gasteiger partial charge in [0.25, 0.3) is 0 Å². The van der Waals surface area contributed by atoms with Crippen LogP contribution in [-0.4, -0.2) is 22.6 Å². The number of methoxy groups -OCH3 is 1. The molecule has 2 aliphatic rings. The van der Waals surface area contributed by atoms with E-state index >= 15 is 0 Å². The van der Waals surface area contributed by atoms with Crippen LogP contribution in [-0.2, 0) is 19.4 Å². The molecular weight excluding hydrogens is 478 g/mol. The molecule has 4 aromatic rings. The molecule has 0 radical (unpaired) electrons. The van der Waals surface area contributed by atoms with Gasteiger partial charge in [0.2, 0.25) is 0 Å². The van der Waals surface area contributed by atoms with Gasteiger partial charge >= 0.3 is 6.03 Å². The van der Waals surface area contributed by atoms with Gasteiger partial charge in [-0.15, -0.1) is 11.3 Å². The fraction of sp³-hybridized carbons (Fsp3) is 0.250. The Hall–Kier alpha value is -3.22. The Balaban J connectivity index is 1.49. The van der Waals surface area contributed by atoms with E-state index in [0.29, 0.717) is 23.0 Å². The summed E-state index contributed by atoms with van der Waals surface area (Å²) in [5, 5.41) is 4.88. The van der Waals surface area contributed by atoms with Crippen molar-refractivity contribution in [1.29, 1.82) is 0 Å². The number of rotatable bonds is 3. The summed E-state index contributed by atoms with van der Waals surface area (Å²) in [7, 11) is 1.59. The van der Waals surface area contributed by atoms with Crippen molar-refractivity contribution < 1.29 is 9.53 Å². The Labute approximate surface area is 213 Å². The first-order valence-electron chi connectivity index (χ1n) is 11.9. The summed E-state index contributed by atoms with van der Waals surface area (Å²) in [4.78, 5) is 17.4. The predicted octanol–water partition coefficient (Wildman–Crippen LogP) is 7.22. The smallest absolute Gasteiger partial charge is 0.323 e. The summed E-state index contributed by atoms with van der Waals surface area (Å²) in [6.45, 7) is 0.539. The van der Waals surface area contributed by atoms with Crippen molar-refractivity contribution >= 4 is 34.7 Å². The van der Waals surface area contributed by atoms with Gasteiger partial charge in [-0.05, 0) is 67.1 Å². The number of ether oxygens (including phenoxy) is 1. The van der Waals surface area contributed by atoms with E-state index in [0.717, 1.165) is 24.1 Å². The van der Waals surface area contributed by atoms with Gasteiger partial charge < -0.3 is 19.5 Å². The second-order valence-electron chi connectivity index (χ2n) is 9.01. The Morgan fingerprint density at radius 3 is 2.71 bits per heavy atom. The summed E-state index contributed by atoms with van der Waals surface area (Å²) in [6.07, 6.45) is 6.76. The second-order valence-corrected chi connectivity index (χ2v) is 10.5. The van der Waals surface area contributed by atoms with Crippen LogP contribution in [0.2, 0.25) is 5.02 Å². The number of hydrogen-bond acceptors (Lipinski definition) is 3. The summed E-state index contributed by atoms with van der Waals surface area (Å²) < 4.78 is 7.79. The molecule has 3 heterocycles. The molecule has 178 valence electrons. The number of anilines is 1. The summed E-state index contributed by atoms with van der Waals surface area (Å²) in [5.41, 5.74) is 5.42. The highest BCUT2D eigenvalue weighted by Gasteiger charge is 2.36. The van der Waals surface area contributed by atoms with Crippen LogP contribution in [0.4, 0.5) is 10.5 Å². The molecule has 6 rings (SSSR count). The maximum atomic E-state index is 14.0. The fourth-order valence-corrected chi connectivity index (χ4v) is 6.91. The number of nitrogens with zero attached hydrogens (tertiary/aromatic N) is 2. The van der Waals surface area contributed by atoms with E-state index in [1.54, 1.807) is 25.3 Å². The number of urea groups is 1. The maximum absolute atomic E-state index is 14.0. The lowest BCUT2D eigenvalue weighted by atomic mass is 9.95. The van der Waals surface area contributed by atoms with Gasteiger partial charge in [0.15, 0.2) is 0 Å². The lowest BCUT2D eigenvalue weighted by Gasteiger charge is -2.31. The molecular formula is C28H26ClN3O2S. The number of fused-ring (bicyclic) bond motifs is 5. The number of carbonyl (C=O) groups is 1. The topological polar surface area (TPSA) is 46.5 Å². The van der Waals surface area contributed by atoms with Crippen molar-refractivity contribution in [2.45, 2.75) is 38.3 Å². The van der Waals surface area contributed by atoms with Crippen LogP contribution in [0, 0.1) is 0 Å². The number of hydrogen-bond donors (Lipinski definition) is 1. The van der Waals surface area contributed by atoms with E-state index in [4.69, 9.17) is 16.3 Å². The highest BCUT2D eigenvalue weighted by Crippen LogP contribution is 2.44. The van der Waals surface area contributed by atoms with Gasteiger partial charge in [0.05, 0.1) is 31.1 Å². The fourth-order valence-electron chi connectivity index (χ4n) is 5.34. The molecule has 1 N–H and O–H groups in total. The van der Waals surface area contributed by atoms with Crippen molar-refractivity contribution in [3.05, 3.63) is 99.1 Å². The number of nitrogens with one attached hydrogen (secondary N) is 1. The number of carbonyl (C=O) groups excluding carboxylic acids is 1. The van der Waals surface area contributed by atoms with Gasteiger partial charge in [-0.3, -0.25) is 0 Å². The van der Waals surface area contributed by atoms with Crippen LogP contribution in [0.1, 0.15) is 46.1 Å². The largest absolute Gasteiger partial charge is 0.495 e. The van der Waals surface area contributed by atoms with Gasteiger partial charge in [0, 0.05) is 21.7 Å². The van der Waals surface area contributed by atoms with Crippen molar-refractivity contribution in [1.82, 2.24) is 9.47 Å². The van der Waals surface area contributed by atoms with Gasteiger partial charge in [-0.25, -0.2) is 4.79 Å². The molecule has 2 amide bonds. The molecule has 5 nitrogen and oxygen atoms in total. The highest BCUT2D eigenvalue weighted by atomic mass is 35.5. The van der Waals surface area contributed by atoms with Crippen molar-refractivity contribution in [3.63, 3.8) is 0 Å². The Kier molecular flexibility index (Phi) is 5.78. The maximum Gasteiger partial charge on any atom is 0.323 e. The number of thiophene rings is 1. The third-order valence-corrected chi connectivity index (χ3v) is 8.53. The van der Waals surface area contributed by atoms with E-state index in [1.807, 2.05) is 34.4 Å². The minimum atomic E-state index is -0.241. The molecule has 0 saturated carbocycles. The van der Waals surface area contributed by atoms with Crippen LogP contribution in [0.3, 0.4) is 0 Å². The molecule has 35 heavy (non-hydrogen) atoms. The zero-order chi connectivity index (χ0) is 23.9. The van der Waals surface area contributed by atoms with E-state index < -0.39 is 0 Å². The van der Waals surface area contributed by atoms with E-state index in [9.17, 15) is 4.79 Å². The molecule has 0 unspecified atom stereocenters. The lowest BCUT2D eigenvalue weighted by Crippen LogP contribution is -2.38. The third-order valence-electron chi connectivity index (χ3n) is 6.96. The molecule has 1 atom stereocenters. The van der Waals surface area contributed by atoms with Crippen molar-refractivity contribution in [2.75, 3.05) is 12.4 Å². The number of halogens is 1. The van der Waals surface area contributed by atoms with E-state index in [1.165, 1.54) is 33.8 Å². The second kappa shape index (κ2) is 9.10. The molecule has 1 aliphatic carbocycles. The first-order valence-corrected chi connectivity index (χ1v) is 13.1. The molecule has 0 fully saturated rings. The van der Waals surface area contributed by atoms with Crippen LogP contribution >= 0.6 is 22.9 Å². The average Bonchev–Trinajstić information content (AvgIpc) is 3.46. The Morgan fingerprint density at radius 1 is 1.06 bits per heavy atom. The van der Waals surface area contributed by atoms with Crippen molar-refractivity contribution in [2.24, 2.45) is 0 Å².